The molecule has 0 aromatic heterocycles. The second kappa shape index (κ2) is 6.22. The van der Waals surface area contributed by atoms with E-state index < -0.39 is 0 Å². The van der Waals surface area contributed by atoms with Crippen molar-refractivity contribution in [1.29, 1.82) is 0 Å². The number of rotatable bonds is 3. The summed E-state index contributed by atoms with van der Waals surface area (Å²) in [6, 6.07) is 5.27. The Morgan fingerprint density at radius 3 is 2.50 bits per heavy atom. The summed E-state index contributed by atoms with van der Waals surface area (Å²) in [5.74, 6) is 0. The fourth-order valence-corrected chi connectivity index (χ4v) is 2.20. The van der Waals surface area contributed by atoms with Crippen molar-refractivity contribution >= 4 is 39.9 Å². The number of halogens is 3. The van der Waals surface area contributed by atoms with E-state index >= 15 is 0 Å². The van der Waals surface area contributed by atoms with Crippen LogP contribution in [0.5, 0.6) is 0 Å². The normalized spacial score (nSPS) is 13.1. The van der Waals surface area contributed by atoms with Crippen molar-refractivity contribution in [1.82, 2.24) is 0 Å². The molecule has 1 aromatic rings. The van der Waals surface area contributed by atoms with Crippen molar-refractivity contribution in [3.63, 3.8) is 0 Å². The SMILES string of the molecule is CC(C)(CO)[C@H](N)c1ccc(Cl)cc1Br.Cl. The minimum absolute atomic E-state index is 0. The predicted molar refractivity (Wildman–Crippen MR) is 74.2 cm³/mol. The van der Waals surface area contributed by atoms with Crippen molar-refractivity contribution < 1.29 is 5.11 Å². The lowest BCUT2D eigenvalue weighted by molar-refractivity contribution is 0.132. The molecular weight excluding hydrogens is 313 g/mol. The van der Waals surface area contributed by atoms with Gasteiger partial charge in [0, 0.05) is 27.6 Å². The first-order chi connectivity index (χ1) is 6.88. The largest absolute Gasteiger partial charge is 0.396 e. The first-order valence-corrected chi connectivity index (χ1v) is 5.87. The summed E-state index contributed by atoms with van der Waals surface area (Å²) in [6.07, 6.45) is 0. The van der Waals surface area contributed by atoms with Crippen molar-refractivity contribution in [2.75, 3.05) is 6.61 Å². The van der Waals surface area contributed by atoms with Gasteiger partial charge in [-0.05, 0) is 17.7 Å². The number of hydrogen-bond donors (Lipinski definition) is 2. The zero-order valence-electron chi connectivity index (χ0n) is 9.21. The minimum atomic E-state index is -0.351. The van der Waals surface area contributed by atoms with Crippen molar-refractivity contribution in [3.05, 3.63) is 33.3 Å². The van der Waals surface area contributed by atoms with Crippen LogP contribution in [0.25, 0.3) is 0 Å². The number of aliphatic hydroxyl groups excluding tert-OH is 1. The molecule has 0 fully saturated rings. The average molecular weight is 329 g/mol. The van der Waals surface area contributed by atoms with Crippen LogP contribution in [0, 0.1) is 5.41 Å². The third-order valence-electron chi connectivity index (χ3n) is 2.55. The highest BCUT2D eigenvalue weighted by atomic mass is 79.9. The molecule has 0 saturated heterocycles. The molecule has 3 N–H and O–H groups in total. The van der Waals surface area contributed by atoms with Crippen molar-refractivity contribution in [2.24, 2.45) is 11.1 Å². The number of hydrogen-bond acceptors (Lipinski definition) is 2. The average Bonchev–Trinajstić information content (AvgIpc) is 2.17. The fourth-order valence-electron chi connectivity index (χ4n) is 1.27. The zero-order chi connectivity index (χ0) is 11.6. The Kier molecular flexibility index (Phi) is 6.30. The van der Waals surface area contributed by atoms with E-state index in [9.17, 15) is 5.11 Å². The fraction of sp³-hybridized carbons (Fsp3) is 0.455. The van der Waals surface area contributed by atoms with E-state index in [-0.39, 0.29) is 30.5 Å². The van der Waals surface area contributed by atoms with E-state index in [1.54, 1.807) is 6.07 Å². The Labute approximate surface area is 116 Å². The van der Waals surface area contributed by atoms with Gasteiger partial charge in [-0.15, -0.1) is 12.4 Å². The van der Waals surface area contributed by atoms with Gasteiger partial charge in [0.15, 0.2) is 0 Å². The molecule has 16 heavy (non-hydrogen) atoms. The molecule has 0 bridgehead atoms. The molecule has 1 aromatic carbocycles. The van der Waals surface area contributed by atoms with E-state index in [2.05, 4.69) is 15.9 Å². The molecular formula is C11H16BrCl2NO. The van der Waals surface area contributed by atoms with Crippen molar-refractivity contribution in [3.8, 4) is 0 Å². The molecule has 92 valence electrons. The van der Waals surface area contributed by atoms with Crippen LogP contribution in [-0.4, -0.2) is 11.7 Å². The third-order valence-corrected chi connectivity index (χ3v) is 3.47. The molecule has 1 rings (SSSR count). The van der Waals surface area contributed by atoms with Gasteiger partial charge in [0.1, 0.15) is 0 Å². The molecule has 0 amide bonds. The van der Waals surface area contributed by atoms with Crippen LogP contribution in [0.15, 0.2) is 22.7 Å². The second-order valence-corrected chi connectivity index (χ2v) is 5.58. The predicted octanol–water partition coefficient (Wildman–Crippen LogP) is 3.54. The maximum absolute atomic E-state index is 9.25. The number of aliphatic hydroxyl groups is 1. The summed E-state index contributed by atoms with van der Waals surface area (Å²) in [5.41, 5.74) is 6.71. The Hall–Kier alpha value is 0.200. The second-order valence-electron chi connectivity index (χ2n) is 4.29. The lowest BCUT2D eigenvalue weighted by Crippen LogP contribution is -2.32. The molecule has 0 unspecified atom stereocenters. The summed E-state index contributed by atoms with van der Waals surface area (Å²) in [5, 5.41) is 9.92. The standard InChI is InChI=1S/C11H15BrClNO.ClH/c1-11(2,6-15)10(14)8-4-3-7(13)5-9(8)12;/h3-5,10,15H,6,14H2,1-2H3;1H/t10-;/m1./s1. The van der Waals surface area contributed by atoms with E-state index in [0.717, 1.165) is 10.0 Å². The van der Waals surface area contributed by atoms with Crippen LogP contribution in [0.2, 0.25) is 5.02 Å². The molecule has 0 heterocycles. The van der Waals surface area contributed by atoms with Crippen LogP contribution < -0.4 is 5.73 Å². The van der Waals surface area contributed by atoms with Gasteiger partial charge < -0.3 is 10.8 Å². The maximum atomic E-state index is 9.25. The smallest absolute Gasteiger partial charge is 0.0500 e. The summed E-state index contributed by atoms with van der Waals surface area (Å²) in [6.45, 7) is 3.90. The molecule has 0 aliphatic rings. The highest BCUT2D eigenvalue weighted by Crippen LogP contribution is 2.35. The zero-order valence-corrected chi connectivity index (χ0v) is 12.4. The topological polar surface area (TPSA) is 46.2 Å². The summed E-state index contributed by atoms with van der Waals surface area (Å²) < 4.78 is 0.879. The van der Waals surface area contributed by atoms with Crippen LogP contribution >= 0.6 is 39.9 Å². The summed E-state index contributed by atoms with van der Waals surface area (Å²) >= 11 is 9.27. The van der Waals surface area contributed by atoms with Gasteiger partial charge >= 0.3 is 0 Å². The van der Waals surface area contributed by atoms with Gasteiger partial charge in [-0.25, -0.2) is 0 Å². The molecule has 0 spiro atoms. The Morgan fingerprint density at radius 1 is 1.50 bits per heavy atom. The molecule has 5 heteroatoms. The molecule has 1 atom stereocenters. The highest BCUT2D eigenvalue weighted by Gasteiger charge is 2.28. The van der Waals surface area contributed by atoms with Crippen LogP contribution in [0.3, 0.4) is 0 Å². The van der Waals surface area contributed by atoms with Gasteiger partial charge in [-0.2, -0.15) is 0 Å². The van der Waals surface area contributed by atoms with Crippen molar-refractivity contribution in [2.45, 2.75) is 19.9 Å². The van der Waals surface area contributed by atoms with E-state index in [4.69, 9.17) is 17.3 Å². The van der Waals surface area contributed by atoms with Crippen LogP contribution in [0.1, 0.15) is 25.5 Å². The summed E-state index contributed by atoms with van der Waals surface area (Å²) in [7, 11) is 0. The minimum Gasteiger partial charge on any atom is -0.396 e. The Balaban J connectivity index is 0.00000225. The third kappa shape index (κ3) is 3.60. The Bertz CT molecular complexity index is 358. The first kappa shape index (κ1) is 16.2. The molecule has 0 radical (unpaired) electrons. The van der Waals surface area contributed by atoms with Gasteiger partial charge in [0.25, 0.3) is 0 Å². The summed E-state index contributed by atoms with van der Waals surface area (Å²) in [4.78, 5) is 0. The number of nitrogens with two attached hydrogens (primary N) is 1. The number of benzene rings is 1. The molecule has 2 nitrogen and oxygen atoms in total. The van der Waals surface area contributed by atoms with E-state index in [1.165, 1.54) is 0 Å². The first-order valence-electron chi connectivity index (χ1n) is 4.70. The van der Waals surface area contributed by atoms with Gasteiger partial charge in [-0.1, -0.05) is 47.4 Å². The monoisotopic (exact) mass is 327 g/mol. The van der Waals surface area contributed by atoms with E-state index in [0.29, 0.717) is 5.02 Å². The molecule has 0 aliphatic carbocycles. The van der Waals surface area contributed by atoms with Gasteiger partial charge in [-0.3, -0.25) is 0 Å². The van der Waals surface area contributed by atoms with Gasteiger partial charge in [0.05, 0.1) is 0 Å². The maximum Gasteiger partial charge on any atom is 0.0500 e. The lowest BCUT2D eigenvalue weighted by Gasteiger charge is -2.30. The molecule has 0 saturated carbocycles. The van der Waals surface area contributed by atoms with Crippen LogP contribution in [-0.2, 0) is 0 Å². The molecule has 0 aliphatic heterocycles. The van der Waals surface area contributed by atoms with E-state index in [1.807, 2.05) is 26.0 Å². The highest BCUT2D eigenvalue weighted by molar-refractivity contribution is 9.10. The Morgan fingerprint density at radius 2 is 2.06 bits per heavy atom. The van der Waals surface area contributed by atoms with Gasteiger partial charge in [0.2, 0.25) is 0 Å². The lowest BCUT2D eigenvalue weighted by atomic mass is 9.82. The van der Waals surface area contributed by atoms with Crippen LogP contribution in [0.4, 0.5) is 0 Å². The quantitative estimate of drug-likeness (QED) is 0.891.